The van der Waals surface area contributed by atoms with Crippen molar-refractivity contribution >= 4 is 17.6 Å². The summed E-state index contributed by atoms with van der Waals surface area (Å²) in [6.45, 7) is 1.95. The predicted molar refractivity (Wildman–Crippen MR) is 59.1 cm³/mol. The van der Waals surface area contributed by atoms with E-state index in [1.807, 2.05) is 6.92 Å². The van der Waals surface area contributed by atoms with Gasteiger partial charge < -0.3 is 5.11 Å². The van der Waals surface area contributed by atoms with E-state index in [2.05, 4.69) is 0 Å². The molecule has 0 radical (unpaired) electrons. The number of rotatable bonds is 3. The number of halogens is 2. The Morgan fingerprint density at radius 2 is 2.38 bits per heavy atom. The molecule has 0 amide bonds. The van der Waals surface area contributed by atoms with Crippen LogP contribution in [-0.2, 0) is 10.2 Å². The van der Waals surface area contributed by atoms with Crippen molar-refractivity contribution in [1.29, 1.82) is 0 Å². The summed E-state index contributed by atoms with van der Waals surface area (Å²) in [5.41, 5.74) is -0.352. The minimum Gasteiger partial charge on any atom is -0.481 e. The first-order chi connectivity index (χ1) is 7.52. The largest absolute Gasteiger partial charge is 0.481 e. The van der Waals surface area contributed by atoms with Crippen molar-refractivity contribution in [2.24, 2.45) is 5.92 Å². The fourth-order valence-corrected chi connectivity index (χ4v) is 2.72. The molecule has 2 unspecified atom stereocenters. The zero-order valence-corrected chi connectivity index (χ0v) is 9.59. The van der Waals surface area contributed by atoms with E-state index in [9.17, 15) is 14.3 Å². The average molecular weight is 243 g/mol. The minimum atomic E-state index is -0.889. The SMILES string of the molecule is CCC1CC1(C(=O)O)c1ccc(F)cc1Cl. The van der Waals surface area contributed by atoms with Gasteiger partial charge >= 0.3 is 5.97 Å². The van der Waals surface area contributed by atoms with Gasteiger partial charge in [0, 0.05) is 5.02 Å². The maximum Gasteiger partial charge on any atom is 0.314 e. The Labute approximate surface area is 98.0 Å². The Hall–Kier alpha value is -1.09. The lowest BCUT2D eigenvalue weighted by Gasteiger charge is -2.14. The Morgan fingerprint density at radius 3 is 2.81 bits per heavy atom. The second-order valence-corrected chi connectivity index (χ2v) is 4.62. The van der Waals surface area contributed by atoms with Gasteiger partial charge in [-0.05, 0) is 30.0 Å². The lowest BCUT2D eigenvalue weighted by atomic mass is 9.92. The summed E-state index contributed by atoms with van der Waals surface area (Å²) in [6.07, 6.45) is 1.38. The van der Waals surface area contributed by atoms with Crippen LogP contribution in [0.25, 0.3) is 0 Å². The third-order valence-electron chi connectivity index (χ3n) is 3.39. The maximum absolute atomic E-state index is 12.9. The van der Waals surface area contributed by atoms with Crippen molar-refractivity contribution in [3.05, 3.63) is 34.6 Å². The average Bonchev–Trinajstić information content (AvgIpc) is 2.93. The van der Waals surface area contributed by atoms with Crippen LogP contribution in [0.2, 0.25) is 5.02 Å². The van der Waals surface area contributed by atoms with Crippen molar-refractivity contribution in [3.8, 4) is 0 Å². The van der Waals surface area contributed by atoms with Gasteiger partial charge in [0.25, 0.3) is 0 Å². The number of aliphatic carboxylic acids is 1. The molecular weight excluding hydrogens is 231 g/mol. The zero-order valence-electron chi connectivity index (χ0n) is 8.84. The molecule has 2 atom stereocenters. The van der Waals surface area contributed by atoms with Crippen LogP contribution in [0.5, 0.6) is 0 Å². The van der Waals surface area contributed by atoms with Crippen LogP contribution in [0, 0.1) is 11.7 Å². The van der Waals surface area contributed by atoms with Crippen LogP contribution in [-0.4, -0.2) is 11.1 Å². The van der Waals surface area contributed by atoms with Crippen LogP contribution in [0.3, 0.4) is 0 Å². The van der Waals surface area contributed by atoms with Crippen LogP contribution in [0.4, 0.5) is 4.39 Å². The van der Waals surface area contributed by atoms with E-state index >= 15 is 0 Å². The molecule has 0 saturated heterocycles. The van der Waals surface area contributed by atoms with Crippen LogP contribution < -0.4 is 0 Å². The predicted octanol–water partition coefficient (Wildman–Crippen LogP) is 3.23. The second-order valence-electron chi connectivity index (χ2n) is 4.21. The summed E-state index contributed by atoms with van der Waals surface area (Å²) in [7, 11) is 0. The number of carboxylic acid groups (broad SMARTS) is 1. The molecule has 1 aliphatic rings. The first kappa shape index (κ1) is 11.4. The first-order valence-corrected chi connectivity index (χ1v) is 5.59. The van der Waals surface area contributed by atoms with Crippen molar-refractivity contribution in [2.45, 2.75) is 25.2 Å². The van der Waals surface area contributed by atoms with Gasteiger partial charge in [-0.25, -0.2) is 4.39 Å². The van der Waals surface area contributed by atoms with Gasteiger partial charge in [0.1, 0.15) is 5.82 Å². The number of hydrogen-bond donors (Lipinski definition) is 1. The summed E-state index contributed by atoms with van der Waals surface area (Å²) >= 11 is 5.92. The van der Waals surface area contributed by atoms with E-state index < -0.39 is 17.2 Å². The van der Waals surface area contributed by atoms with Crippen molar-refractivity contribution in [1.82, 2.24) is 0 Å². The van der Waals surface area contributed by atoms with Crippen molar-refractivity contribution < 1.29 is 14.3 Å². The molecule has 1 aromatic carbocycles. The number of carboxylic acids is 1. The summed E-state index contributed by atoms with van der Waals surface area (Å²) in [5.74, 6) is -1.20. The molecule has 0 aliphatic heterocycles. The molecule has 16 heavy (non-hydrogen) atoms. The molecule has 1 fully saturated rings. The van der Waals surface area contributed by atoms with Gasteiger partial charge in [-0.2, -0.15) is 0 Å². The third-order valence-corrected chi connectivity index (χ3v) is 3.70. The van der Waals surface area contributed by atoms with E-state index in [1.165, 1.54) is 18.2 Å². The minimum absolute atomic E-state index is 0.105. The zero-order chi connectivity index (χ0) is 11.9. The number of carbonyl (C=O) groups is 1. The van der Waals surface area contributed by atoms with Gasteiger partial charge in [0.2, 0.25) is 0 Å². The van der Waals surface area contributed by atoms with Gasteiger partial charge in [0.15, 0.2) is 0 Å². The van der Waals surface area contributed by atoms with E-state index in [0.717, 1.165) is 6.42 Å². The molecule has 0 bridgehead atoms. The highest BCUT2D eigenvalue weighted by molar-refractivity contribution is 6.31. The van der Waals surface area contributed by atoms with Crippen molar-refractivity contribution in [3.63, 3.8) is 0 Å². The van der Waals surface area contributed by atoms with E-state index in [0.29, 0.717) is 12.0 Å². The lowest BCUT2D eigenvalue weighted by molar-refractivity contribution is -0.140. The number of benzene rings is 1. The molecular formula is C12H12ClFO2. The Morgan fingerprint density at radius 1 is 1.69 bits per heavy atom. The normalized spacial score (nSPS) is 27.8. The number of hydrogen-bond acceptors (Lipinski definition) is 1. The summed E-state index contributed by atoms with van der Waals surface area (Å²) < 4.78 is 12.9. The first-order valence-electron chi connectivity index (χ1n) is 5.21. The fraction of sp³-hybridized carbons (Fsp3) is 0.417. The molecule has 0 spiro atoms. The standard InChI is InChI=1S/C12H12ClFO2/c1-2-7-6-12(7,11(15)16)9-4-3-8(14)5-10(9)13/h3-5,7H,2,6H2,1H3,(H,15,16). The molecule has 1 N–H and O–H groups in total. The Kier molecular flexibility index (Phi) is 2.66. The summed E-state index contributed by atoms with van der Waals surface area (Å²) in [6, 6.07) is 3.92. The summed E-state index contributed by atoms with van der Waals surface area (Å²) in [4.78, 5) is 11.3. The smallest absolute Gasteiger partial charge is 0.314 e. The molecule has 0 heterocycles. The molecule has 0 aromatic heterocycles. The summed E-state index contributed by atoms with van der Waals surface area (Å²) in [5, 5.41) is 9.51. The second kappa shape index (κ2) is 3.74. The molecule has 4 heteroatoms. The third kappa shape index (κ3) is 1.50. The van der Waals surface area contributed by atoms with Gasteiger partial charge in [0.05, 0.1) is 5.41 Å². The highest BCUT2D eigenvalue weighted by Crippen LogP contribution is 2.57. The quantitative estimate of drug-likeness (QED) is 0.884. The lowest BCUT2D eigenvalue weighted by Crippen LogP contribution is -2.23. The van der Waals surface area contributed by atoms with Gasteiger partial charge in [-0.1, -0.05) is 31.0 Å². The molecule has 2 rings (SSSR count). The molecule has 1 aliphatic carbocycles. The Bertz CT molecular complexity index is 447. The van der Waals surface area contributed by atoms with Crippen LogP contribution in [0.1, 0.15) is 25.3 Å². The van der Waals surface area contributed by atoms with E-state index in [4.69, 9.17) is 11.6 Å². The molecule has 1 aromatic rings. The van der Waals surface area contributed by atoms with Crippen LogP contribution in [0.15, 0.2) is 18.2 Å². The monoisotopic (exact) mass is 242 g/mol. The van der Waals surface area contributed by atoms with E-state index in [1.54, 1.807) is 0 Å². The molecule has 1 saturated carbocycles. The highest BCUT2D eigenvalue weighted by Gasteiger charge is 2.61. The topological polar surface area (TPSA) is 37.3 Å². The molecule has 2 nitrogen and oxygen atoms in total. The highest BCUT2D eigenvalue weighted by atomic mass is 35.5. The Balaban J connectivity index is 2.46. The van der Waals surface area contributed by atoms with E-state index in [-0.39, 0.29) is 10.9 Å². The van der Waals surface area contributed by atoms with Gasteiger partial charge in [-0.15, -0.1) is 0 Å². The fourth-order valence-electron chi connectivity index (χ4n) is 2.38. The van der Waals surface area contributed by atoms with Crippen molar-refractivity contribution in [2.75, 3.05) is 0 Å². The maximum atomic E-state index is 12.9. The van der Waals surface area contributed by atoms with Gasteiger partial charge in [-0.3, -0.25) is 4.79 Å². The molecule has 86 valence electrons. The van der Waals surface area contributed by atoms with Crippen LogP contribution >= 0.6 is 11.6 Å².